The molecule has 0 bridgehead atoms. The number of ketones is 1. The monoisotopic (exact) mass is 608 g/mol. The number of benzene rings is 3. The van der Waals surface area contributed by atoms with Crippen LogP contribution < -0.4 is 21.3 Å². The summed E-state index contributed by atoms with van der Waals surface area (Å²) >= 11 is 0. The summed E-state index contributed by atoms with van der Waals surface area (Å²) in [4.78, 5) is 64.9. The van der Waals surface area contributed by atoms with E-state index in [1.165, 1.54) is 6.92 Å². The molecule has 0 saturated heterocycles. The maximum atomic E-state index is 13.5. The molecule has 0 aliphatic carbocycles. The lowest BCUT2D eigenvalue weighted by molar-refractivity contribution is -0.140. The molecule has 0 saturated carbocycles. The predicted molar refractivity (Wildman–Crippen MR) is 174 cm³/mol. The number of carbonyl (C=O) groups is 5. The first-order valence-electron chi connectivity index (χ1n) is 14.6. The van der Waals surface area contributed by atoms with Gasteiger partial charge in [-0.3, -0.25) is 19.2 Å². The number of amides is 4. The summed E-state index contributed by atoms with van der Waals surface area (Å²) in [5.74, 6) is -2.84. The van der Waals surface area contributed by atoms with Crippen molar-refractivity contribution >= 4 is 29.6 Å². The molecular weight excluding hydrogens is 560 g/mol. The van der Waals surface area contributed by atoms with Crippen LogP contribution in [0.15, 0.2) is 91.0 Å². The van der Waals surface area contributed by atoms with E-state index in [4.69, 9.17) is 4.74 Å². The molecular formula is C34H48N4O6. The number of hydrogen-bond donors (Lipinski definition) is 4. The van der Waals surface area contributed by atoms with Crippen LogP contribution in [0.25, 0.3) is 0 Å². The Labute approximate surface area is 263 Å². The molecule has 3 atom stereocenters. The summed E-state index contributed by atoms with van der Waals surface area (Å²) in [7, 11) is 0. The molecule has 0 aliphatic heterocycles. The number of Topliss-reactive ketones (excluding diaryl/α,β-unsaturated/α-hetero) is 1. The van der Waals surface area contributed by atoms with Crippen LogP contribution in [0.4, 0.5) is 4.79 Å². The van der Waals surface area contributed by atoms with Gasteiger partial charge < -0.3 is 26.0 Å². The van der Waals surface area contributed by atoms with Gasteiger partial charge in [-0.15, -0.1) is 0 Å². The summed E-state index contributed by atoms with van der Waals surface area (Å²) in [6.45, 7) is 5.44. The zero-order valence-corrected chi connectivity index (χ0v) is 25.2. The minimum atomic E-state index is -1.17. The van der Waals surface area contributed by atoms with Crippen molar-refractivity contribution in [1.29, 1.82) is 0 Å². The molecule has 4 amide bonds. The van der Waals surface area contributed by atoms with E-state index in [9.17, 15) is 24.0 Å². The van der Waals surface area contributed by atoms with E-state index >= 15 is 0 Å². The smallest absolute Gasteiger partial charge is 0.408 e. The lowest BCUT2D eigenvalue weighted by Crippen LogP contribution is -2.57. The summed E-state index contributed by atoms with van der Waals surface area (Å²) in [6.07, 6.45) is -0.441. The molecule has 0 unspecified atom stereocenters. The second kappa shape index (κ2) is 17.2. The molecule has 3 aromatic rings. The molecule has 0 fully saturated rings. The quantitative estimate of drug-likeness (QED) is 0.188. The standard InChI is InChI=1S/C34H40N4O6.4H2/c1-23(2)19-29(38-31(40)24(3)36-34(43)44-22-27-17-11-6-12-18-27)32(41)37-28(20-25-13-7-4-8-14-25)30(39)33(42)35-21-26-15-9-5-10-16-26;;;;/h4-18,23-24,28-29H,19-22H2,1-3H3,(H,35,42)(H,36,43)(H,37,41)(H,38,40);4*1H/t24-,28-,29-;;;;/m0..../s1. The van der Waals surface area contributed by atoms with Crippen LogP contribution >= 0.6 is 0 Å². The zero-order valence-electron chi connectivity index (χ0n) is 25.2. The highest BCUT2D eigenvalue weighted by molar-refractivity contribution is 6.38. The molecule has 0 heterocycles. The Morgan fingerprint density at radius 3 is 1.75 bits per heavy atom. The fourth-order valence-electron chi connectivity index (χ4n) is 4.36. The third-order valence-corrected chi connectivity index (χ3v) is 6.72. The van der Waals surface area contributed by atoms with Crippen LogP contribution in [0.5, 0.6) is 0 Å². The topological polar surface area (TPSA) is 143 Å². The first-order valence-corrected chi connectivity index (χ1v) is 14.6. The predicted octanol–water partition coefficient (Wildman–Crippen LogP) is 4.43. The number of alkyl carbamates (subject to hydrolysis) is 1. The van der Waals surface area contributed by atoms with Crippen LogP contribution in [0, 0.1) is 5.92 Å². The molecule has 10 heteroatoms. The Balaban J connectivity index is 0. The SMILES string of the molecule is CC(C)C[C@H](NC(=O)[C@H](C)NC(=O)OCc1ccccc1)C(=O)N[C@@H](Cc1ccccc1)C(=O)C(=O)NCc1ccccc1.[HH].[HH].[HH].[HH]. The van der Waals surface area contributed by atoms with Gasteiger partial charge in [0.25, 0.3) is 5.91 Å². The Hall–Kier alpha value is -4.99. The number of hydrogen-bond acceptors (Lipinski definition) is 6. The minimum Gasteiger partial charge on any atom is -0.445 e. The van der Waals surface area contributed by atoms with Crippen LogP contribution in [-0.2, 0) is 43.5 Å². The molecule has 240 valence electrons. The van der Waals surface area contributed by atoms with Crippen LogP contribution in [0.1, 0.15) is 49.6 Å². The molecule has 44 heavy (non-hydrogen) atoms. The van der Waals surface area contributed by atoms with Gasteiger partial charge in [-0.2, -0.15) is 0 Å². The van der Waals surface area contributed by atoms with Crippen LogP contribution in [-0.4, -0.2) is 47.7 Å². The molecule has 3 rings (SSSR count). The fraction of sp³-hybridized carbons (Fsp3) is 0.324. The summed E-state index contributed by atoms with van der Waals surface area (Å²) in [5, 5.41) is 10.5. The van der Waals surface area contributed by atoms with Crippen molar-refractivity contribution in [3.05, 3.63) is 108 Å². The van der Waals surface area contributed by atoms with Crippen molar-refractivity contribution in [1.82, 2.24) is 21.3 Å². The normalized spacial score (nSPS) is 12.7. The van der Waals surface area contributed by atoms with E-state index in [0.717, 1.165) is 16.7 Å². The fourth-order valence-corrected chi connectivity index (χ4v) is 4.36. The first-order chi connectivity index (χ1) is 21.1. The van der Waals surface area contributed by atoms with Crippen molar-refractivity contribution in [3.63, 3.8) is 0 Å². The third-order valence-electron chi connectivity index (χ3n) is 6.72. The lowest BCUT2D eigenvalue weighted by Gasteiger charge is -2.25. The van der Waals surface area contributed by atoms with E-state index < -0.39 is 47.7 Å². The van der Waals surface area contributed by atoms with Crippen molar-refractivity contribution < 1.29 is 34.4 Å². The average Bonchev–Trinajstić information content (AvgIpc) is 3.02. The van der Waals surface area contributed by atoms with Gasteiger partial charge in [-0.05, 0) is 36.0 Å². The highest BCUT2D eigenvalue weighted by Crippen LogP contribution is 2.10. The molecule has 3 aromatic carbocycles. The maximum Gasteiger partial charge on any atom is 0.408 e. The largest absolute Gasteiger partial charge is 0.445 e. The zero-order chi connectivity index (χ0) is 31.9. The maximum absolute atomic E-state index is 13.5. The number of carbonyl (C=O) groups excluding carboxylic acids is 5. The average molecular weight is 609 g/mol. The van der Waals surface area contributed by atoms with E-state index in [1.807, 2.05) is 68.4 Å². The van der Waals surface area contributed by atoms with Crippen LogP contribution in [0.3, 0.4) is 0 Å². The molecule has 0 aromatic heterocycles. The van der Waals surface area contributed by atoms with Crippen molar-refractivity contribution in [3.8, 4) is 0 Å². The summed E-state index contributed by atoms with van der Waals surface area (Å²) < 4.78 is 5.19. The molecule has 0 spiro atoms. The van der Waals surface area contributed by atoms with Gasteiger partial charge >= 0.3 is 6.09 Å². The van der Waals surface area contributed by atoms with Crippen molar-refractivity contribution in [2.45, 2.75) is 64.9 Å². The van der Waals surface area contributed by atoms with E-state index in [2.05, 4.69) is 21.3 Å². The van der Waals surface area contributed by atoms with Gasteiger partial charge in [0.2, 0.25) is 17.6 Å². The Morgan fingerprint density at radius 1 is 0.659 bits per heavy atom. The van der Waals surface area contributed by atoms with Gasteiger partial charge in [-0.1, -0.05) is 105 Å². The van der Waals surface area contributed by atoms with E-state index in [1.54, 1.807) is 36.4 Å². The Bertz CT molecular complexity index is 1400. The lowest BCUT2D eigenvalue weighted by atomic mass is 9.99. The van der Waals surface area contributed by atoms with Gasteiger partial charge in [-0.25, -0.2) is 4.79 Å². The number of nitrogens with one attached hydrogen (secondary N) is 4. The third kappa shape index (κ3) is 11.4. The van der Waals surface area contributed by atoms with E-state index in [-0.39, 0.29) is 37.6 Å². The number of ether oxygens (including phenoxy) is 1. The van der Waals surface area contributed by atoms with Gasteiger partial charge in [0.1, 0.15) is 24.7 Å². The summed E-state index contributed by atoms with van der Waals surface area (Å²) in [5.41, 5.74) is 2.36. The van der Waals surface area contributed by atoms with Gasteiger partial charge in [0.15, 0.2) is 0 Å². The van der Waals surface area contributed by atoms with Crippen molar-refractivity contribution in [2.75, 3.05) is 0 Å². The second-order valence-corrected chi connectivity index (χ2v) is 10.9. The second-order valence-electron chi connectivity index (χ2n) is 10.9. The van der Waals surface area contributed by atoms with Crippen LogP contribution in [0.2, 0.25) is 0 Å². The highest BCUT2D eigenvalue weighted by atomic mass is 16.5. The molecule has 10 nitrogen and oxygen atoms in total. The van der Waals surface area contributed by atoms with Gasteiger partial charge in [0.05, 0.1) is 0 Å². The highest BCUT2D eigenvalue weighted by Gasteiger charge is 2.31. The molecule has 0 radical (unpaired) electrons. The molecule has 0 aliphatic rings. The van der Waals surface area contributed by atoms with Gasteiger partial charge in [0, 0.05) is 18.7 Å². The summed E-state index contributed by atoms with van der Waals surface area (Å²) in [6, 6.07) is 24.1. The minimum absolute atomic E-state index is 0. The van der Waals surface area contributed by atoms with E-state index in [0.29, 0.717) is 0 Å². The number of rotatable bonds is 15. The Kier molecular flexibility index (Phi) is 13.1. The molecule has 4 N–H and O–H groups in total. The first kappa shape index (κ1) is 33.5. The Morgan fingerprint density at radius 2 is 1.18 bits per heavy atom. The van der Waals surface area contributed by atoms with Crippen molar-refractivity contribution in [2.24, 2.45) is 5.92 Å².